The fourth-order valence-corrected chi connectivity index (χ4v) is 5.92. The number of benzene rings is 3. The van der Waals surface area contributed by atoms with Gasteiger partial charge in [-0.3, -0.25) is 0 Å². The van der Waals surface area contributed by atoms with Gasteiger partial charge in [0.1, 0.15) is 14.7 Å². The molecule has 39 heavy (non-hydrogen) atoms. The largest absolute Gasteiger partial charge is 0.478 e. The summed E-state index contributed by atoms with van der Waals surface area (Å²) in [6.45, 7) is 10.8. The molecule has 1 aliphatic carbocycles. The van der Waals surface area contributed by atoms with Crippen molar-refractivity contribution in [2.75, 3.05) is 37.7 Å². The van der Waals surface area contributed by atoms with Gasteiger partial charge in [0.15, 0.2) is 0 Å². The van der Waals surface area contributed by atoms with Gasteiger partial charge in [-0.15, -0.1) is 5.54 Å². The minimum Gasteiger partial charge on any atom is -0.478 e. The Bertz CT molecular complexity index is 1440. The quantitative estimate of drug-likeness (QED) is 0.326. The standard InChI is InChI=1S/C32H34N2O4Si/c1-22-28(31(35)36)19-23(13-18-39(2,3)4)20-30(22)33-14-16-34(17-15-33)32(37)38-21-29-26-11-7-5-9-24(26)25-10-6-8-12-27(25)29/h5-12,19-20,29H,14-17,21H2,1-4H3,(H,35,36). The van der Waals surface area contributed by atoms with Crippen LogP contribution in [0.25, 0.3) is 11.1 Å². The van der Waals surface area contributed by atoms with Gasteiger partial charge in [-0.05, 0) is 46.9 Å². The summed E-state index contributed by atoms with van der Waals surface area (Å²) >= 11 is 0. The Morgan fingerprint density at radius 1 is 0.949 bits per heavy atom. The molecule has 5 rings (SSSR count). The highest BCUT2D eigenvalue weighted by Crippen LogP contribution is 2.44. The zero-order valence-corrected chi connectivity index (χ0v) is 24.0. The van der Waals surface area contributed by atoms with Crippen molar-refractivity contribution in [1.82, 2.24) is 4.90 Å². The minimum atomic E-state index is -1.61. The SMILES string of the molecule is Cc1c(C(=O)O)cc(C#C[Si](C)(C)C)cc1N1CCN(C(=O)OCC2c3ccccc3-c3ccccc32)CC1. The van der Waals surface area contributed by atoms with Crippen molar-refractivity contribution >= 4 is 25.8 Å². The zero-order valence-electron chi connectivity index (χ0n) is 23.0. The summed E-state index contributed by atoms with van der Waals surface area (Å²) in [5.74, 6) is 2.28. The third-order valence-corrected chi connectivity index (χ3v) is 8.28. The van der Waals surface area contributed by atoms with Crippen LogP contribution in [0, 0.1) is 18.4 Å². The molecule has 2 aliphatic rings. The van der Waals surface area contributed by atoms with E-state index in [1.807, 2.05) is 37.3 Å². The fourth-order valence-electron chi connectivity index (χ4n) is 5.40. The first kappa shape index (κ1) is 26.6. The molecule has 1 heterocycles. The van der Waals surface area contributed by atoms with Gasteiger partial charge in [0.25, 0.3) is 0 Å². The van der Waals surface area contributed by atoms with Crippen molar-refractivity contribution in [3.8, 4) is 22.6 Å². The van der Waals surface area contributed by atoms with E-state index in [-0.39, 0.29) is 17.6 Å². The number of fused-ring (bicyclic) bond motifs is 3. The van der Waals surface area contributed by atoms with Gasteiger partial charge in [0.2, 0.25) is 0 Å². The van der Waals surface area contributed by atoms with E-state index in [4.69, 9.17) is 4.74 Å². The van der Waals surface area contributed by atoms with E-state index in [2.05, 4.69) is 60.3 Å². The lowest BCUT2D eigenvalue weighted by Gasteiger charge is -2.36. The van der Waals surface area contributed by atoms with E-state index >= 15 is 0 Å². The first-order valence-electron chi connectivity index (χ1n) is 13.4. The Labute approximate surface area is 231 Å². The number of ether oxygens (including phenoxy) is 1. The second-order valence-corrected chi connectivity index (χ2v) is 16.0. The number of aromatic carboxylic acids is 1. The normalized spacial score (nSPS) is 14.8. The first-order valence-corrected chi connectivity index (χ1v) is 16.9. The topological polar surface area (TPSA) is 70.1 Å². The van der Waals surface area contributed by atoms with Crippen LogP contribution in [0.3, 0.4) is 0 Å². The number of amides is 1. The van der Waals surface area contributed by atoms with Gasteiger partial charge in [0, 0.05) is 43.3 Å². The monoisotopic (exact) mass is 538 g/mol. The number of piperazine rings is 1. The van der Waals surface area contributed by atoms with E-state index in [9.17, 15) is 14.7 Å². The Balaban J connectivity index is 1.26. The molecule has 0 aromatic heterocycles. The first-order chi connectivity index (χ1) is 18.6. The van der Waals surface area contributed by atoms with Crippen LogP contribution < -0.4 is 4.90 Å². The van der Waals surface area contributed by atoms with Crippen LogP contribution in [0.5, 0.6) is 0 Å². The van der Waals surface area contributed by atoms with Crippen LogP contribution >= 0.6 is 0 Å². The smallest absolute Gasteiger partial charge is 0.409 e. The van der Waals surface area contributed by atoms with Gasteiger partial charge < -0.3 is 19.6 Å². The third-order valence-electron chi connectivity index (χ3n) is 7.41. The van der Waals surface area contributed by atoms with E-state index < -0.39 is 14.0 Å². The Hall–Kier alpha value is -4.02. The molecule has 0 bridgehead atoms. The predicted molar refractivity (Wildman–Crippen MR) is 157 cm³/mol. The molecule has 7 heteroatoms. The van der Waals surface area contributed by atoms with Crippen LogP contribution in [0.15, 0.2) is 60.7 Å². The molecule has 0 saturated carbocycles. The van der Waals surface area contributed by atoms with Crippen LogP contribution in [0.2, 0.25) is 19.6 Å². The molecule has 0 spiro atoms. The van der Waals surface area contributed by atoms with Crippen LogP contribution in [0.4, 0.5) is 10.5 Å². The second kappa shape index (κ2) is 10.6. The highest BCUT2D eigenvalue weighted by atomic mass is 28.3. The molecular weight excluding hydrogens is 504 g/mol. The third kappa shape index (κ3) is 5.57. The lowest BCUT2D eigenvalue weighted by molar-refractivity contribution is 0.0696. The second-order valence-electron chi connectivity index (χ2n) is 11.3. The number of rotatable bonds is 4. The molecule has 0 unspecified atom stereocenters. The number of carboxylic acids is 1. The van der Waals surface area contributed by atoms with Gasteiger partial charge in [-0.25, -0.2) is 9.59 Å². The summed E-state index contributed by atoms with van der Waals surface area (Å²) in [5.41, 5.74) is 10.7. The number of hydrogen-bond donors (Lipinski definition) is 1. The number of nitrogens with zero attached hydrogens (tertiary/aromatic N) is 2. The van der Waals surface area contributed by atoms with E-state index in [1.165, 1.54) is 22.3 Å². The lowest BCUT2D eigenvalue weighted by Crippen LogP contribution is -2.49. The molecule has 1 saturated heterocycles. The Morgan fingerprint density at radius 2 is 1.54 bits per heavy atom. The lowest BCUT2D eigenvalue weighted by atomic mass is 9.98. The summed E-state index contributed by atoms with van der Waals surface area (Å²) in [6, 6.07) is 20.3. The van der Waals surface area contributed by atoms with Gasteiger partial charge in [-0.2, -0.15) is 0 Å². The number of carbonyl (C=O) groups excluding carboxylic acids is 1. The summed E-state index contributed by atoms with van der Waals surface area (Å²) in [6.07, 6.45) is -0.311. The van der Waals surface area contributed by atoms with Gasteiger partial charge in [-0.1, -0.05) is 74.1 Å². The molecule has 3 aromatic rings. The average Bonchev–Trinajstić information content (AvgIpc) is 3.24. The number of carboxylic acid groups (broad SMARTS) is 1. The molecule has 0 radical (unpaired) electrons. The Morgan fingerprint density at radius 3 is 2.10 bits per heavy atom. The van der Waals surface area contributed by atoms with Crippen LogP contribution in [-0.2, 0) is 4.74 Å². The molecule has 1 fully saturated rings. The van der Waals surface area contributed by atoms with E-state index in [1.54, 1.807) is 11.0 Å². The van der Waals surface area contributed by atoms with Crippen molar-refractivity contribution in [1.29, 1.82) is 0 Å². The van der Waals surface area contributed by atoms with Crippen molar-refractivity contribution in [3.05, 3.63) is 88.5 Å². The fraction of sp³-hybridized carbons (Fsp3) is 0.312. The van der Waals surface area contributed by atoms with Crippen molar-refractivity contribution < 1.29 is 19.4 Å². The number of hydrogen-bond acceptors (Lipinski definition) is 4. The van der Waals surface area contributed by atoms with E-state index in [0.717, 1.165) is 16.8 Å². The molecule has 3 aromatic carbocycles. The minimum absolute atomic E-state index is 0.0275. The summed E-state index contributed by atoms with van der Waals surface area (Å²) in [4.78, 5) is 28.9. The van der Waals surface area contributed by atoms with Crippen LogP contribution in [-0.4, -0.2) is 62.9 Å². The highest BCUT2D eigenvalue weighted by Gasteiger charge is 2.31. The van der Waals surface area contributed by atoms with Gasteiger partial charge >= 0.3 is 12.1 Å². The molecular formula is C32H34N2O4Si. The van der Waals surface area contributed by atoms with Crippen molar-refractivity contribution in [2.45, 2.75) is 32.5 Å². The van der Waals surface area contributed by atoms with Crippen molar-refractivity contribution in [3.63, 3.8) is 0 Å². The van der Waals surface area contributed by atoms with Gasteiger partial charge in [0.05, 0.1) is 5.56 Å². The maximum atomic E-state index is 13.1. The molecule has 200 valence electrons. The summed E-state index contributed by atoms with van der Waals surface area (Å²) in [7, 11) is -1.61. The summed E-state index contributed by atoms with van der Waals surface area (Å²) in [5, 5.41) is 9.80. The summed E-state index contributed by atoms with van der Waals surface area (Å²) < 4.78 is 5.85. The maximum Gasteiger partial charge on any atom is 0.409 e. The molecule has 1 aliphatic heterocycles. The average molecular weight is 539 g/mol. The van der Waals surface area contributed by atoms with Crippen LogP contribution in [0.1, 0.15) is 38.5 Å². The highest BCUT2D eigenvalue weighted by molar-refractivity contribution is 6.83. The molecule has 6 nitrogen and oxygen atoms in total. The Kier molecular flexibility index (Phi) is 7.24. The molecule has 1 amide bonds. The zero-order chi connectivity index (χ0) is 27.7. The number of anilines is 1. The molecule has 0 atom stereocenters. The van der Waals surface area contributed by atoms with Crippen molar-refractivity contribution in [2.24, 2.45) is 0 Å². The predicted octanol–water partition coefficient (Wildman–Crippen LogP) is 5.99. The molecule has 1 N–H and O–H groups in total. The van der Waals surface area contributed by atoms with E-state index in [0.29, 0.717) is 32.8 Å². The number of carbonyl (C=O) groups is 2. The maximum absolute atomic E-state index is 13.1.